The van der Waals surface area contributed by atoms with Crippen molar-refractivity contribution in [2.45, 2.75) is 12.1 Å². The molecule has 0 amide bonds. The van der Waals surface area contributed by atoms with Gasteiger partial charge in [0.2, 0.25) is 0 Å². The van der Waals surface area contributed by atoms with Gasteiger partial charge in [-0.3, -0.25) is 9.80 Å². The van der Waals surface area contributed by atoms with Crippen molar-refractivity contribution in [2.24, 2.45) is 0 Å². The zero-order valence-electron chi connectivity index (χ0n) is 11.6. The lowest BCUT2D eigenvalue weighted by Gasteiger charge is -2.44. The molecule has 20 heavy (non-hydrogen) atoms. The van der Waals surface area contributed by atoms with E-state index in [1.54, 1.807) is 12.1 Å². The van der Waals surface area contributed by atoms with Gasteiger partial charge in [-0.25, -0.2) is 0 Å². The number of hydrogen-bond acceptors (Lipinski definition) is 5. The summed E-state index contributed by atoms with van der Waals surface area (Å²) in [7, 11) is 0. The molecule has 0 bridgehead atoms. The second-order valence-corrected chi connectivity index (χ2v) is 5.93. The van der Waals surface area contributed by atoms with Crippen molar-refractivity contribution in [1.82, 2.24) is 15.1 Å². The average Bonchev–Trinajstić information content (AvgIpc) is 2.80. The molecule has 3 aliphatic heterocycles. The fourth-order valence-corrected chi connectivity index (χ4v) is 3.43. The fraction of sp³-hybridized carbons (Fsp3) is 0.600. The predicted octanol–water partition coefficient (Wildman–Crippen LogP) is 0.415. The first-order valence-electron chi connectivity index (χ1n) is 7.46. The van der Waals surface area contributed by atoms with Crippen LogP contribution in [0.2, 0.25) is 0 Å². The lowest BCUT2D eigenvalue weighted by Crippen LogP contribution is -2.61. The lowest BCUT2D eigenvalue weighted by atomic mass is 10.0. The van der Waals surface area contributed by atoms with Crippen LogP contribution in [0.1, 0.15) is 11.6 Å². The number of benzene rings is 1. The first kappa shape index (κ1) is 12.4. The number of nitrogens with one attached hydrogen (secondary N) is 1. The maximum absolute atomic E-state index is 9.52. The molecule has 3 heterocycles. The van der Waals surface area contributed by atoms with E-state index in [1.165, 1.54) is 5.56 Å². The average molecular weight is 275 g/mol. The number of piperazine rings is 1. The molecular weight excluding hydrogens is 254 g/mol. The van der Waals surface area contributed by atoms with Crippen molar-refractivity contribution in [3.05, 3.63) is 23.8 Å². The van der Waals surface area contributed by atoms with Crippen LogP contribution in [0.25, 0.3) is 0 Å². The summed E-state index contributed by atoms with van der Waals surface area (Å²) in [4.78, 5) is 5.12. The molecule has 1 aromatic carbocycles. The molecule has 2 fully saturated rings. The Morgan fingerprint density at radius 2 is 1.85 bits per heavy atom. The molecule has 3 aliphatic rings. The van der Waals surface area contributed by atoms with Gasteiger partial charge in [0, 0.05) is 56.9 Å². The van der Waals surface area contributed by atoms with Crippen molar-refractivity contribution in [1.29, 1.82) is 0 Å². The van der Waals surface area contributed by atoms with Gasteiger partial charge in [-0.2, -0.15) is 0 Å². The number of hydrogen-bond donors (Lipinski definition) is 2. The van der Waals surface area contributed by atoms with Gasteiger partial charge in [0.1, 0.15) is 18.1 Å². The third-order valence-corrected chi connectivity index (χ3v) is 4.82. The predicted molar refractivity (Wildman–Crippen MR) is 76.1 cm³/mol. The van der Waals surface area contributed by atoms with Gasteiger partial charge in [0.25, 0.3) is 0 Å². The summed E-state index contributed by atoms with van der Waals surface area (Å²) in [6, 6.07) is 6.60. The van der Waals surface area contributed by atoms with Gasteiger partial charge in [-0.15, -0.1) is 0 Å². The minimum Gasteiger partial charge on any atom is -0.508 e. The number of rotatable bonds is 2. The third-order valence-electron chi connectivity index (χ3n) is 4.82. The summed E-state index contributed by atoms with van der Waals surface area (Å²) in [5, 5.41) is 12.9. The molecule has 108 valence electrons. The van der Waals surface area contributed by atoms with E-state index in [4.69, 9.17) is 4.74 Å². The highest BCUT2D eigenvalue weighted by Gasteiger charge is 2.34. The van der Waals surface area contributed by atoms with E-state index in [9.17, 15) is 5.11 Å². The Hall–Kier alpha value is -1.30. The van der Waals surface area contributed by atoms with Crippen molar-refractivity contribution in [3.63, 3.8) is 0 Å². The normalized spacial score (nSPS) is 27.9. The highest BCUT2D eigenvalue weighted by Crippen LogP contribution is 2.38. The monoisotopic (exact) mass is 275 g/mol. The summed E-state index contributed by atoms with van der Waals surface area (Å²) in [5.41, 5.74) is 1.22. The van der Waals surface area contributed by atoms with E-state index in [2.05, 4.69) is 15.1 Å². The largest absolute Gasteiger partial charge is 0.508 e. The highest BCUT2D eigenvalue weighted by molar-refractivity contribution is 5.44. The van der Waals surface area contributed by atoms with E-state index in [1.807, 2.05) is 6.07 Å². The Bertz CT molecular complexity index is 496. The number of fused-ring (bicyclic) bond motifs is 1. The number of aromatic hydroxyl groups is 1. The van der Waals surface area contributed by atoms with Crippen LogP contribution < -0.4 is 10.1 Å². The maximum Gasteiger partial charge on any atom is 0.127 e. The fourth-order valence-electron chi connectivity index (χ4n) is 3.43. The molecule has 2 N–H and O–H groups in total. The molecule has 2 saturated heterocycles. The minimum atomic E-state index is 0.284. The molecule has 0 radical (unpaired) electrons. The molecular formula is C15H21N3O2. The molecule has 0 aromatic heterocycles. The standard InChI is InChI=1S/C15H21N3O2/c19-12-1-2-13-14(10-20-15(13)7-12)18-5-3-17(4-6-18)11-8-16-9-11/h1-2,7,11,14,16,19H,3-6,8-10H2. The van der Waals surface area contributed by atoms with Gasteiger partial charge in [-0.1, -0.05) is 0 Å². The molecule has 1 unspecified atom stereocenters. The second-order valence-electron chi connectivity index (χ2n) is 5.93. The highest BCUT2D eigenvalue weighted by atomic mass is 16.5. The van der Waals surface area contributed by atoms with Crippen LogP contribution in [0.3, 0.4) is 0 Å². The molecule has 0 aliphatic carbocycles. The summed E-state index contributed by atoms with van der Waals surface area (Å²) in [6.45, 7) is 7.51. The second kappa shape index (κ2) is 4.91. The van der Waals surface area contributed by atoms with E-state index >= 15 is 0 Å². The Balaban J connectivity index is 1.43. The number of nitrogens with zero attached hydrogens (tertiary/aromatic N) is 2. The van der Waals surface area contributed by atoms with E-state index in [0.717, 1.165) is 51.1 Å². The van der Waals surface area contributed by atoms with Crippen molar-refractivity contribution in [2.75, 3.05) is 45.9 Å². The zero-order valence-corrected chi connectivity index (χ0v) is 11.6. The lowest BCUT2D eigenvalue weighted by molar-refractivity contribution is 0.0459. The van der Waals surface area contributed by atoms with Crippen LogP contribution in [0.5, 0.6) is 11.5 Å². The van der Waals surface area contributed by atoms with Gasteiger partial charge in [0.15, 0.2) is 0 Å². The molecule has 5 nitrogen and oxygen atoms in total. The van der Waals surface area contributed by atoms with Crippen LogP contribution in [-0.4, -0.2) is 66.8 Å². The summed E-state index contributed by atoms with van der Waals surface area (Å²) in [6.07, 6.45) is 0. The molecule has 0 saturated carbocycles. The Kier molecular flexibility index (Phi) is 3.06. The van der Waals surface area contributed by atoms with E-state index in [0.29, 0.717) is 12.6 Å². The van der Waals surface area contributed by atoms with Crippen LogP contribution >= 0.6 is 0 Å². The van der Waals surface area contributed by atoms with Crippen LogP contribution in [-0.2, 0) is 0 Å². The topological polar surface area (TPSA) is 48.0 Å². The number of phenolic OH excluding ortho intramolecular Hbond substituents is 1. The van der Waals surface area contributed by atoms with Crippen LogP contribution in [0.4, 0.5) is 0 Å². The molecule has 0 spiro atoms. The van der Waals surface area contributed by atoms with E-state index in [-0.39, 0.29) is 5.75 Å². The maximum atomic E-state index is 9.52. The summed E-state index contributed by atoms with van der Waals surface area (Å²) < 4.78 is 5.73. The molecule has 1 aromatic rings. The minimum absolute atomic E-state index is 0.284. The van der Waals surface area contributed by atoms with Gasteiger partial charge >= 0.3 is 0 Å². The SMILES string of the molecule is Oc1ccc2c(c1)OCC2N1CCN(C2CNC2)CC1. The molecule has 5 heteroatoms. The van der Waals surface area contributed by atoms with Gasteiger partial charge < -0.3 is 15.2 Å². The quantitative estimate of drug-likeness (QED) is 0.819. The van der Waals surface area contributed by atoms with Crippen LogP contribution in [0, 0.1) is 0 Å². The first-order chi connectivity index (χ1) is 9.81. The molecule has 1 atom stereocenters. The first-order valence-corrected chi connectivity index (χ1v) is 7.46. The van der Waals surface area contributed by atoms with Gasteiger partial charge in [0.05, 0.1) is 6.04 Å². The smallest absolute Gasteiger partial charge is 0.127 e. The number of phenols is 1. The number of ether oxygens (including phenoxy) is 1. The summed E-state index contributed by atoms with van der Waals surface area (Å²) in [5.74, 6) is 1.13. The van der Waals surface area contributed by atoms with Crippen molar-refractivity contribution in [3.8, 4) is 11.5 Å². The third kappa shape index (κ3) is 2.06. The Labute approximate surface area is 119 Å². The van der Waals surface area contributed by atoms with Gasteiger partial charge in [-0.05, 0) is 12.1 Å². The van der Waals surface area contributed by atoms with Crippen LogP contribution in [0.15, 0.2) is 18.2 Å². The van der Waals surface area contributed by atoms with Crippen molar-refractivity contribution < 1.29 is 9.84 Å². The summed E-state index contributed by atoms with van der Waals surface area (Å²) >= 11 is 0. The zero-order chi connectivity index (χ0) is 13.5. The van der Waals surface area contributed by atoms with E-state index < -0.39 is 0 Å². The Morgan fingerprint density at radius 3 is 2.55 bits per heavy atom. The Morgan fingerprint density at radius 1 is 1.10 bits per heavy atom. The van der Waals surface area contributed by atoms with Crippen molar-refractivity contribution >= 4 is 0 Å². The molecule has 4 rings (SSSR count).